The van der Waals surface area contributed by atoms with Gasteiger partial charge in [-0.25, -0.2) is 9.97 Å². The zero-order valence-corrected chi connectivity index (χ0v) is 13.8. The molecule has 3 N–H and O–H groups in total. The number of aryl methyl sites for hydroxylation is 1. The SMILES string of the molecule is CCCc1nc(N)c(C)c(NC(CC)C2CCCCC2)n1. The molecule has 0 radical (unpaired) electrons. The molecule has 4 heteroatoms. The third-order valence-electron chi connectivity index (χ3n) is 4.68. The molecule has 1 aliphatic carbocycles. The molecule has 0 amide bonds. The van der Waals surface area contributed by atoms with E-state index >= 15 is 0 Å². The van der Waals surface area contributed by atoms with Crippen LogP contribution in [0.1, 0.15) is 70.2 Å². The molecule has 2 rings (SSSR count). The molecule has 1 aromatic rings. The van der Waals surface area contributed by atoms with Gasteiger partial charge in [0.1, 0.15) is 17.5 Å². The smallest absolute Gasteiger partial charge is 0.134 e. The summed E-state index contributed by atoms with van der Waals surface area (Å²) in [6.45, 7) is 6.42. The number of nitrogens with two attached hydrogens (primary N) is 1. The quantitative estimate of drug-likeness (QED) is 0.828. The van der Waals surface area contributed by atoms with Gasteiger partial charge < -0.3 is 11.1 Å². The molecule has 21 heavy (non-hydrogen) atoms. The molecule has 1 fully saturated rings. The Balaban J connectivity index is 2.15. The highest BCUT2D eigenvalue weighted by molar-refractivity contribution is 5.55. The van der Waals surface area contributed by atoms with Crippen molar-refractivity contribution < 1.29 is 0 Å². The van der Waals surface area contributed by atoms with Crippen molar-refractivity contribution >= 4 is 11.6 Å². The summed E-state index contributed by atoms with van der Waals surface area (Å²) in [6, 6.07) is 0.507. The van der Waals surface area contributed by atoms with E-state index in [0.717, 1.165) is 42.4 Å². The van der Waals surface area contributed by atoms with E-state index in [1.54, 1.807) is 0 Å². The van der Waals surface area contributed by atoms with Crippen LogP contribution in [0.15, 0.2) is 0 Å². The lowest BCUT2D eigenvalue weighted by atomic mass is 9.83. The largest absolute Gasteiger partial charge is 0.383 e. The van der Waals surface area contributed by atoms with Gasteiger partial charge in [0, 0.05) is 18.0 Å². The minimum atomic E-state index is 0.507. The van der Waals surface area contributed by atoms with Crippen molar-refractivity contribution in [2.45, 2.75) is 78.2 Å². The molecule has 1 aromatic heterocycles. The molecular weight excluding hydrogens is 260 g/mol. The topological polar surface area (TPSA) is 63.8 Å². The molecule has 0 aromatic carbocycles. The molecule has 1 atom stereocenters. The van der Waals surface area contributed by atoms with Crippen molar-refractivity contribution in [2.75, 3.05) is 11.1 Å². The Bertz CT molecular complexity index is 452. The average Bonchev–Trinajstić information content (AvgIpc) is 2.50. The maximum atomic E-state index is 6.06. The van der Waals surface area contributed by atoms with E-state index < -0.39 is 0 Å². The Morgan fingerprint density at radius 3 is 2.52 bits per heavy atom. The van der Waals surface area contributed by atoms with Crippen LogP contribution in [0.5, 0.6) is 0 Å². The maximum Gasteiger partial charge on any atom is 0.134 e. The second kappa shape index (κ2) is 7.62. The van der Waals surface area contributed by atoms with Gasteiger partial charge in [-0.3, -0.25) is 0 Å². The average molecular weight is 290 g/mol. The van der Waals surface area contributed by atoms with E-state index in [1.807, 2.05) is 6.92 Å². The first-order valence-corrected chi connectivity index (χ1v) is 8.55. The first kappa shape index (κ1) is 16.1. The van der Waals surface area contributed by atoms with Crippen LogP contribution in [0.2, 0.25) is 0 Å². The zero-order valence-electron chi connectivity index (χ0n) is 13.8. The summed E-state index contributed by atoms with van der Waals surface area (Å²) in [5, 5.41) is 3.68. The molecule has 0 spiro atoms. The fourth-order valence-electron chi connectivity index (χ4n) is 3.32. The first-order chi connectivity index (χ1) is 10.2. The van der Waals surface area contributed by atoms with Gasteiger partial charge in [0.2, 0.25) is 0 Å². The second-order valence-electron chi connectivity index (χ2n) is 6.31. The Kier molecular flexibility index (Phi) is 5.83. The summed E-state index contributed by atoms with van der Waals surface area (Å²) < 4.78 is 0. The molecule has 1 saturated carbocycles. The Morgan fingerprint density at radius 2 is 1.90 bits per heavy atom. The number of nitrogens with zero attached hydrogens (tertiary/aromatic N) is 2. The van der Waals surface area contributed by atoms with Crippen LogP contribution in [-0.2, 0) is 6.42 Å². The third-order valence-corrected chi connectivity index (χ3v) is 4.68. The van der Waals surface area contributed by atoms with Crippen LogP contribution in [0.3, 0.4) is 0 Å². The lowest BCUT2D eigenvalue weighted by Gasteiger charge is -2.31. The van der Waals surface area contributed by atoms with Gasteiger partial charge in [0.25, 0.3) is 0 Å². The van der Waals surface area contributed by atoms with Crippen molar-refractivity contribution in [1.82, 2.24) is 9.97 Å². The van der Waals surface area contributed by atoms with Crippen LogP contribution < -0.4 is 11.1 Å². The lowest BCUT2D eigenvalue weighted by Crippen LogP contribution is -2.31. The number of rotatable bonds is 6. The number of nitrogens with one attached hydrogen (secondary N) is 1. The molecule has 1 aliphatic rings. The summed E-state index contributed by atoms with van der Waals surface area (Å²) in [5.74, 6) is 3.20. The van der Waals surface area contributed by atoms with Gasteiger partial charge in [0.05, 0.1) is 0 Å². The monoisotopic (exact) mass is 290 g/mol. The highest BCUT2D eigenvalue weighted by Gasteiger charge is 2.23. The van der Waals surface area contributed by atoms with Crippen LogP contribution in [0.4, 0.5) is 11.6 Å². The number of anilines is 2. The van der Waals surface area contributed by atoms with Crippen LogP contribution in [0.25, 0.3) is 0 Å². The van der Waals surface area contributed by atoms with Crippen molar-refractivity contribution in [3.63, 3.8) is 0 Å². The van der Waals surface area contributed by atoms with E-state index in [4.69, 9.17) is 10.7 Å². The predicted octanol–water partition coefficient (Wildman–Crippen LogP) is 4.09. The molecule has 0 bridgehead atoms. The van der Waals surface area contributed by atoms with Crippen LogP contribution in [-0.4, -0.2) is 16.0 Å². The minimum absolute atomic E-state index is 0.507. The Morgan fingerprint density at radius 1 is 1.19 bits per heavy atom. The molecule has 0 saturated heterocycles. The summed E-state index contributed by atoms with van der Waals surface area (Å²) in [5.41, 5.74) is 7.05. The van der Waals surface area contributed by atoms with Crippen molar-refractivity contribution in [1.29, 1.82) is 0 Å². The van der Waals surface area contributed by atoms with E-state index in [2.05, 4.69) is 24.1 Å². The van der Waals surface area contributed by atoms with Crippen molar-refractivity contribution in [2.24, 2.45) is 5.92 Å². The lowest BCUT2D eigenvalue weighted by molar-refractivity contribution is 0.312. The van der Waals surface area contributed by atoms with Gasteiger partial charge in [-0.15, -0.1) is 0 Å². The van der Waals surface area contributed by atoms with Crippen LogP contribution >= 0.6 is 0 Å². The summed E-state index contributed by atoms with van der Waals surface area (Å²) in [7, 11) is 0. The van der Waals surface area contributed by atoms with E-state index in [9.17, 15) is 0 Å². The Hall–Kier alpha value is -1.32. The van der Waals surface area contributed by atoms with E-state index in [-0.39, 0.29) is 0 Å². The summed E-state index contributed by atoms with van der Waals surface area (Å²) in [6.07, 6.45) is 9.88. The van der Waals surface area contributed by atoms with Gasteiger partial charge >= 0.3 is 0 Å². The molecule has 118 valence electrons. The van der Waals surface area contributed by atoms with Gasteiger partial charge in [-0.1, -0.05) is 33.1 Å². The number of nitrogen functional groups attached to an aromatic ring is 1. The van der Waals surface area contributed by atoms with Crippen molar-refractivity contribution in [3.8, 4) is 0 Å². The summed E-state index contributed by atoms with van der Waals surface area (Å²) in [4.78, 5) is 9.10. The highest BCUT2D eigenvalue weighted by atomic mass is 15.1. The van der Waals surface area contributed by atoms with Gasteiger partial charge in [-0.05, 0) is 38.5 Å². The standard InChI is InChI=1S/C17H30N4/c1-4-9-15-20-16(18)12(3)17(21-15)19-14(5-2)13-10-7-6-8-11-13/h13-14H,4-11H2,1-3H3,(H3,18,19,20,21). The fourth-order valence-corrected chi connectivity index (χ4v) is 3.32. The maximum absolute atomic E-state index is 6.06. The normalized spacial score (nSPS) is 17.7. The molecular formula is C17H30N4. The first-order valence-electron chi connectivity index (χ1n) is 8.55. The summed E-state index contributed by atoms with van der Waals surface area (Å²) >= 11 is 0. The third kappa shape index (κ3) is 4.08. The minimum Gasteiger partial charge on any atom is -0.383 e. The van der Waals surface area contributed by atoms with Crippen molar-refractivity contribution in [3.05, 3.63) is 11.4 Å². The molecule has 1 heterocycles. The van der Waals surface area contributed by atoms with Gasteiger partial charge in [0.15, 0.2) is 0 Å². The van der Waals surface area contributed by atoms with E-state index in [1.165, 1.54) is 32.1 Å². The fraction of sp³-hybridized carbons (Fsp3) is 0.765. The number of hydrogen-bond donors (Lipinski definition) is 2. The van der Waals surface area contributed by atoms with E-state index in [0.29, 0.717) is 11.9 Å². The number of aromatic nitrogens is 2. The molecule has 0 aliphatic heterocycles. The Labute approximate surface area is 128 Å². The second-order valence-corrected chi connectivity index (χ2v) is 6.31. The van der Waals surface area contributed by atoms with Gasteiger partial charge in [-0.2, -0.15) is 0 Å². The van der Waals surface area contributed by atoms with Crippen LogP contribution in [0, 0.1) is 12.8 Å². The number of hydrogen-bond acceptors (Lipinski definition) is 4. The molecule has 4 nitrogen and oxygen atoms in total. The predicted molar refractivity (Wildman–Crippen MR) is 89.5 cm³/mol. The molecule has 1 unspecified atom stereocenters. The zero-order chi connectivity index (χ0) is 15.2. The highest BCUT2D eigenvalue weighted by Crippen LogP contribution is 2.30.